The summed E-state index contributed by atoms with van der Waals surface area (Å²) >= 11 is 0. The third kappa shape index (κ3) is 4.45. The highest BCUT2D eigenvalue weighted by Gasteiger charge is 2.26. The van der Waals surface area contributed by atoms with Gasteiger partial charge in [0.2, 0.25) is 5.91 Å². The van der Waals surface area contributed by atoms with Gasteiger partial charge in [-0.05, 0) is 43.4 Å². The molecular formula is C15H27NO2. The number of allylic oxidation sites excluding steroid dienone is 2. The number of hydrogen-bond donors (Lipinski definition) is 2. The molecule has 0 radical (unpaired) electrons. The van der Waals surface area contributed by atoms with Gasteiger partial charge in [-0.3, -0.25) is 4.79 Å². The number of rotatable bonds is 8. The molecule has 0 saturated heterocycles. The van der Waals surface area contributed by atoms with Crippen molar-refractivity contribution in [1.82, 2.24) is 5.32 Å². The van der Waals surface area contributed by atoms with Crippen molar-refractivity contribution in [3.8, 4) is 0 Å². The minimum Gasteiger partial charge on any atom is -0.396 e. The molecule has 1 aliphatic rings. The molecule has 0 aromatic carbocycles. The molecule has 1 aliphatic carbocycles. The predicted molar refractivity (Wildman–Crippen MR) is 74.2 cm³/mol. The lowest BCUT2D eigenvalue weighted by molar-refractivity contribution is -0.122. The third-order valence-corrected chi connectivity index (χ3v) is 4.36. The summed E-state index contributed by atoms with van der Waals surface area (Å²) in [7, 11) is 0. The number of carbonyl (C=O) groups is 1. The molecule has 1 unspecified atom stereocenters. The van der Waals surface area contributed by atoms with Gasteiger partial charge in [-0.15, -0.1) is 0 Å². The SMILES string of the molecule is CCC(CC)(CCO)CNC(=O)CC1C=CCC1. The average molecular weight is 253 g/mol. The molecule has 18 heavy (non-hydrogen) atoms. The smallest absolute Gasteiger partial charge is 0.220 e. The van der Waals surface area contributed by atoms with Gasteiger partial charge in [-0.2, -0.15) is 0 Å². The topological polar surface area (TPSA) is 49.3 Å². The Morgan fingerprint density at radius 2 is 2.17 bits per heavy atom. The molecule has 1 rings (SSSR count). The van der Waals surface area contributed by atoms with E-state index in [0.29, 0.717) is 18.9 Å². The fraction of sp³-hybridized carbons (Fsp3) is 0.800. The standard InChI is InChI=1S/C15H27NO2/c1-3-15(4-2,9-10-17)12-16-14(18)11-13-7-5-6-8-13/h5,7,13,17H,3-4,6,8-12H2,1-2H3,(H,16,18). The zero-order valence-corrected chi connectivity index (χ0v) is 11.7. The molecule has 3 heteroatoms. The van der Waals surface area contributed by atoms with Gasteiger partial charge in [0.05, 0.1) is 0 Å². The molecule has 1 amide bonds. The fourth-order valence-electron chi connectivity index (χ4n) is 2.64. The summed E-state index contributed by atoms with van der Waals surface area (Å²) in [5.74, 6) is 0.580. The van der Waals surface area contributed by atoms with Gasteiger partial charge in [0.25, 0.3) is 0 Å². The summed E-state index contributed by atoms with van der Waals surface area (Å²) < 4.78 is 0. The van der Waals surface area contributed by atoms with E-state index in [4.69, 9.17) is 5.11 Å². The third-order valence-electron chi connectivity index (χ3n) is 4.36. The van der Waals surface area contributed by atoms with Crippen LogP contribution in [0.3, 0.4) is 0 Å². The van der Waals surface area contributed by atoms with Crippen LogP contribution in [0.15, 0.2) is 12.2 Å². The Kier molecular flexibility index (Phi) is 6.41. The van der Waals surface area contributed by atoms with Crippen LogP contribution < -0.4 is 5.32 Å². The average Bonchev–Trinajstić information content (AvgIpc) is 2.87. The molecule has 0 spiro atoms. The predicted octanol–water partition coefficient (Wildman–Crippen LogP) is 2.65. The van der Waals surface area contributed by atoms with E-state index in [-0.39, 0.29) is 17.9 Å². The first kappa shape index (κ1) is 15.2. The molecule has 3 nitrogen and oxygen atoms in total. The van der Waals surface area contributed by atoms with Crippen LogP contribution in [0.1, 0.15) is 52.4 Å². The lowest BCUT2D eigenvalue weighted by Gasteiger charge is -2.31. The number of hydrogen-bond acceptors (Lipinski definition) is 2. The Morgan fingerprint density at radius 3 is 2.67 bits per heavy atom. The normalized spacial score (nSPS) is 19.2. The van der Waals surface area contributed by atoms with E-state index >= 15 is 0 Å². The molecule has 0 saturated carbocycles. The lowest BCUT2D eigenvalue weighted by atomic mass is 9.79. The minimum absolute atomic E-state index is 0.0654. The van der Waals surface area contributed by atoms with Crippen LogP contribution in [-0.2, 0) is 4.79 Å². The van der Waals surface area contributed by atoms with Crippen molar-refractivity contribution in [2.45, 2.75) is 52.4 Å². The van der Waals surface area contributed by atoms with Crippen molar-refractivity contribution in [1.29, 1.82) is 0 Å². The number of amides is 1. The Hall–Kier alpha value is -0.830. The van der Waals surface area contributed by atoms with Crippen LogP contribution >= 0.6 is 0 Å². The van der Waals surface area contributed by atoms with E-state index in [0.717, 1.165) is 32.1 Å². The van der Waals surface area contributed by atoms with Crippen molar-refractivity contribution in [3.63, 3.8) is 0 Å². The van der Waals surface area contributed by atoms with Crippen LogP contribution in [-0.4, -0.2) is 24.2 Å². The molecule has 0 bridgehead atoms. The van der Waals surface area contributed by atoms with E-state index in [1.807, 2.05) is 0 Å². The van der Waals surface area contributed by atoms with Crippen molar-refractivity contribution < 1.29 is 9.90 Å². The van der Waals surface area contributed by atoms with Crippen molar-refractivity contribution in [2.75, 3.05) is 13.2 Å². The summed E-state index contributed by atoms with van der Waals surface area (Å²) in [4.78, 5) is 11.9. The second-order valence-corrected chi connectivity index (χ2v) is 5.43. The lowest BCUT2D eigenvalue weighted by Crippen LogP contribution is -2.38. The zero-order valence-electron chi connectivity index (χ0n) is 11.7. The molecule has 0 heterocycles. The highest BCUT2D eigenvalue weighted by atomic mass is 16.3. The maximum atomic E-state index is 11.9. The largest absolute Gasteiger partial charge is 0.396 e. The second kappa shape index (κ2) is 7.57. The van der Waals surface area contributed by atoms with Crippen LogP contribution in [0.4, 0.5) is 0 Å². The summed E-state index contributed by atoms with van der Waals surface area (Å²) in [5, 5.41) is 12.2. The molecule has 0 aromatic rings. The van der Waals surface area contributed by atoms with Crippen LogP contribution in [0.5, 0.6) is 0 Å². The van der Waals surface area contributed by atoms with Gasteiger partial charge in [0, 0.05) is 19.6 Å². The van der Waals surface area contributed by atoms with Gasteiger partial charge in [0.15, 0.2) is 0 Å². The maximum absolute atomic E-state index is 11.9. The minimum atomic E-state index is 0.0654. The van der Waals surface area contributed by atoms with Crippen LogP contribution in [0, 0.1) is 11.3 Å². The summed E-state index contributed by atoms with van der Waals surface area (Å²) in [6.07, 6.45) is 9.89. The van der Waals surface area contributed by atoms with Crippen LogP contribution in [0.2, 0.25) is 0 Å². The van der Waals surface area contributed by atoms with E-state index in [2.05, 4.69) is 31.3 Å². The first-order valence-electron chi connectivity index (χ1n) is 7.20. The Bertz CT molecular complexity index is 282. The molecule has 0 aliphatic heterocycles. The van der Waals surface area contributed by atoms with E-state index in [1.54, 1.807) is 0 Å². The summed E-state index contributed by atoms with van der Waals surface area (Å²) in [5.41, 5.74) is 0.0654. The van der Waals surface area contributed by atoms with Gasteiger partial charge < -0.3 is 10.4 Å². The molecule has 104 valence electrons. The number of carbonyl (C=O) groups excluding carboxylic acids is 1. The first-order chi connectivity index (χ1) is 8.65. The quantitative estimate of drug-likeness (QED) is 0.653. The van der Waals surface area contributed by atoms with Crippen molar-refractivity contribution >= 4 is 5.91 Å². The first-order valence-corrected chi connectivity index (χ1v) is 7.20. The Labute approximate surface area is 111 Å². The molecule has 2 N–H and O–H groups in total. The van der Waals surface area contributed by atoms with E-state index < -0.39 is 0 Å². The van der Waals surface area contributed by atoms with Crippen molar-refractivity contribution in [2.24, 2.45) is 11.3 Å². The molecule has 1 atom stereocenters. The van der Waals surface area contributed by atoms with Gasteiger partial charge in [-0.25, -0.2) is 0 Å². The highest BCUT2D eigenvalue weighted by Crippen LogP contribution is 2.29. The fourth-order valence-corrected chi connectivity index (χ4v) is 2.64. The zero-order chi connectivity index (χ0) is 13.4. The number of nitrogens with one attached hydrogen (secondary N) is 1. The second-order valence-electron chi connectivity index (χ2n) is 5.43. The number of aliphatic hydroxyl groups is 1. The molecule has 0 fully saturated rings. The Morgan fingerprint density at radius 1 is 1.44 bits per heavy atom. The maximum Gasteiger partial charge on any atom is 0.220 e. The van der Waals surface area contributed by atoms with Crippen LogP contribution in [0.25, 0.3) is 0 Å². The Balaban J connectivity index is 2.36. The van der Waals surface area contributed by atoms with Crippen molar-refractivity contribution in [3.05, 3.63) is 12.2 Å². The number of aliphatic hydroxyl groups excluding tert-OH is 1. The van der Waals surface area contributed by atoms with Gasteiger partial charge in [-0.1, -0.05) is 26.0 Å². The summed E-state index contributed by atoms with van der Waals surface area (Å²) in [6.45, 7) is 5.15. The van der Waals surface area contributed by atoms with E-state index in [1.165, 1.54) is 0 Å². The van der Waals surface area contributed by atoms with Gasteiger partial charge >= 0.3 is 0 Å². The van der Waals surface area contributed by atoms with Gasteiger partial charge in [0.1, 0.15) is 0 Å². The van der Waals surface area contributed by atoms with E-state index in [9.17, 15) is 4.79 Å². The highest BCUT2D eigenvalue weighted by molar-refractivity contribution is 5.76. The molecular weight excluding hydrogens is 226 g/mol. The molecule has 0 aromatic heterocycles. The summed E-state index contributed by atoms with van der Waals surface area (Å²) in [6, 6.07) is 0. The monoisotopic (exact) mass is 253 g/mol.